The number of Topliss-reactive ketones (excluding diaryl/α,β-unsaturated/α-hetero) is 1. The monoisotopic (exact) mass is 524 g/mol. The van der Waals surface area contributed by atoms with Crippen molar-refractivity contribution in [2.75, 3.05) is 13.7 Å². The molecule has 7 nitrogen and oxygen atoms in total. The Labute approximate surface area is 217 Å². The molecule has 36 heavy (non-hydrogen) atoms. The predicted molar refractivity (Wildman–Crippen MR) is 131 cm³/mol. The van der Waals surface area contributed by atoms with Gasteiger partial charge in [-0.05, 0) is 72.6 Å². The van der Waals surface area contributed by atoms with Gasteiger partial charge in [0.15, 0.2) is 5.78 Å². The van der Waals surface area contributed by atoms with Crippen LogP contribution in [0.25, 0.3) is 0 Å². The van der Waals surface area contributed by atoms with E-state index in [0.29, 0.717) is 23.1 Å². The summed E-state index contributed by atoms with van der Waals surface area (Å²) < 4.78 is 5.15. The van der Waals surface area contributed by atoms with Crippen molar-refractivity contribution in [3.8, 4) is 5.75 Å². The molecule has 2 saturated carbocycles. The van der Waals surface area contributed by atoms with E-state index in [1.54, 1.807) is 24.3 Å². The zero-order valence-electron chi connectivity index (χ0n) is 19.3. The minimum Gasteiger partial charge on any atom is -0.497 e. The highest BCUT2D eigenvalue weighted by Gasteiger charge is 2.68. The van der Waals surface area contributed by atoms with Gasteiger partial charge in [-0.15, -0.1) is 0 Å². The highest BCUT2D eigenvalue weighted by atomic mass is 35.5. The Morgan fingerprint density at radius 2 is 1.50 bits per heavy atom. The van der Waals surface area contributed by atoms with E-state index in [1.165, 1.54) is 25.3 Å². The Balaban J connectivity index is 1.36. The molecule has 2 aromatic rings. The van der Waals surface area contributed by atoms with E-state index in [-0.39, 0.29) is 27.4 Å². The van der Waals surface area contributed by atoms with Crippen LogP contribution < -0.4 is 4.74 Å². The molecule has 1 saturated heterocycles. The van der Waals surface area contributed by atoms with Crippen LogP contribution in [0.1, 0.15) is 27.1 Å². The molecule has 0 N–H and O–H groups in total. The van der Waals surface area contributed by atoms with Gasteiger partial charge in [-0.3, -0.25) is 19.2 Å². The molecule has 0 unspecified atom stereocenters. The van der Waals surface area contributed by atoms with E-state index in [2.05, 4.69) is 12.2 Å². The largest absolute Gasteiger partial charge is 0.497 e. The minimum atomic E-state index is -0.679. The predicted octanol–water partition coefficient (Wildman–Crippen LogP) is 4.30. The molecule has 0 spiro atoms. The fourth-order valence-corrected chi connectivity index (χ4v) is 6.49. The van der Waals surface area contributed by atoms with Crippen LogP contribution in [0.2, 0.25) is 10.0 Å². The van der Waals surface area contributed by atoms with Gasteiger partial charge in [0.05, 0.1) is 29.0 Å². The fourth-order valence-electron chi connectivity index (χ4n) is 6.19. The number of benzene rings is 2. The Morgan fingerprint density at radius 3 is 2.06 bits per heavy atom. The number of methoxy groups -OCH3 is 1. The number of ketones is 1. The van der Waals surface area contributed by atoms with Gasteiger partial charge in [0.1, 0.15) is 12.3 Å². The molecule has 5 aliphatic rings. The number of hydrazine groups is 1. The summed E-state index contributed by atoms with van der Waals surface area (Å²) in [6, 6.07) is 10.7. The summed E-state index contributed by atoms with van der Waals surface area (Å²) in [6.07, 6.45) is 5.14. The maximum Gasteiger partial charge on any atom is 0.273 e. The van der Waals surface area contributed by atoms with E-state index >= 15 is 0 Å². The highest BCUT2D eigenvalue weighted by molar-refractivity contribution is 6.42. The van der Waals surface area contributed by atoms with Crippen molar-refractivity contribution in [3.63, 3.8) is 0 Å². The Bertz CT molecular complexity index is 1300. The van der Waals surface area contributed by atoms with Crippen molar-refractivity contribution >= 4 is 46.7 Å². The Hall–Kier alpha value is -3.16. The molecule has 1 heterocycles. The number of nitrogens with zero attached hydrogens (tertiary/aromatic N) is 2. The summed E-state index contributed by atoms with van der Waals surface area (Å²) in [4.78, 5) is 54.4. The average Bonchev–Trinajstić information content (AvgIpc) is 3.67. The quantitative estimate of drug-likeness (QED) is 0.319. The average molecular weight is 525 g/mol. The second-order valence-electron chi connectivity index (χ2n) is 9.79. The number of imide groups is 1. The highest BCUT2D eigenvalue weighted by Crippen LogP contribution is 2.65. The number of rotatable bonds is 6. The molecule has 6 atom stereocenters. The van der Waals surface area contributed by atoms with Gasteiger partial charge in [-0.2, -0.15) is 5.01 Å². The van der Waals surface area contributed by atoms with Crippen LogP contribution >= 0.6 is 23.2 Å². The van der Waals surface area contributed by atoms with Gasteiger partial charge < -0.3 is 4.74 Å². The number of amides is 3. The van der Waals surface area contributed by atoms with Crippen LogP contribution in [0.4, 0.5) is 0 Å². The molecule has 9 heteroatoms. The minimum absolute atomic E-state index is 0.00864. The Morgan fingerprint density at radius 1 is 0.917 bits per heavy atom. The molecule has 184 valence electrons. The van der Waals surface area contributed by atoms with Crippen molar-refractivity contribution in [1.82, 2.24) is 10.0 Å². The van der Waals surface area contributed by atoms with Crippen molar-refractivity contribution in [2.45, 2.75) is 6.42 Å². The molecule has 2 aromatic carbocycles. The van der Waals surface area contributed by atoms with Crippen LogP contribution in [-0.4, -0.2) is 47.2 Å². The van der Waals surface area contributed by atoms with Crippen LogP contribution in [0, 0.1) is 35.5 Å². The van der Waals surface area contributed by atoms with Crippen molar-refractivity contribution < 1.29 is 23.9 Å². The molecule has 4 aliphatic carbocycles. The number of hydrogen-bond acceptors (Lipinski definition) is 5. The first kappa shape index (κ1) is 23.3. The molecule has 2 bridgehead atoms. The second kappa shape index (κ2) is 8.46. The van der Waals surface area contributed by atoms with Crippen LogP contribution in [0.5, 0.6) is 5.75 Å². The van der Waals surface area contributed by atoms with E-state index in [1.807, 2.05) is 0 Å². The van der Waals surface area contributed by atoms with Gasteiger partial charge in [0, 0.05) is 11.1 Å². The third-order valence-electron chi connectivity index (χ3n) is 7.99. The standard InChI is InChI=1S/C27H22Cl2N2O5/c1-36-15-5-2-13(3-6-15)22(32)12-30(25(33)14-4-9-20(28)21(29)10-14)31-26(34)23-16-7-8-17(19-11-18(16)19)24(23)27(31)35/h2-10,16-19,23-24H,11-12H2,1H3/t16-,17-,18-,19-,23+,24+/m0/s1. The topological polar surface area (TPSA) is 84.0 Å². The molecule has 3 amide bonds. The lowest BCUT2D eigenvalue weighted by Crippen LogP contribution is -2.52. The zero-order chi connectivity index (χ0) is 25.3. The lowest BCUT2D eigenvalue weighted by Gasteiger charge is -2.37. The van der Waals surface area contributed by atoms with Crippen LogP contribution in [0.15, 0.2) is 54.6 Å². The summed E-state index contributed by atoms with van der Waals surface area (Å²) in [6.45, 7) is -0.488. The van der Waals surface area contributed by atoms with Crippen molar-refractivity contribution in [1.29, 1.82) is 0 Å². The summed E-state index contributed by atoms with van der Waals surface area (Å²) in [7, 11) is 1.52. The molecular formula is C27H22Cl2N2O5. The van der Waals surface area contributed by atoms with E-state index < -0.39 is 41.9 Å². The first-order chi connectivity index (χ1) is 17.3. The summed E-state index contributed by atoms with van der Waals surface area (Å²) >= 11 is 12.2. The van der Waals surface area contributed by atoms with Gasteiger partial charge in [0.2, 0.25) is 0 Å². The number of halogens is 2. The number of carbonyl (C=O) groups is 4. The number of allylic oxidation sites excluding steroid dienone is 2. The van der Waals surface area contributed by atoms with Gasteiger partial charge >= 0.3 is 0 Å². The van der Waals surface area contributed by atoms with Crippen LogP contribution in [0.3, 0.4) is 0 Å². The smallest absolute Gasteiger partial charge is 0.273 e. The summed E-state index contributed by atoms with van der Waals surface area (Å²) in [5.41, 5.74) is 0.438. The molecule has 1 aliphatic heterocycles. The van der Waals surface area contributed by atoms with Crippen molar-refractivity contribution in [3.05, 3.63) is 75.8 Å². The summed E-state index contributed by atoms with van der Waals surface area (Å²) in [5.74, 6) is -1.57. The van der Waals surface area contributed by atoms with Gasteiger partial charge in [-0.25, -0.2) is 5.01 Å². The fraction of sp³-hybridized carbons (Fsp3) is 0.333. The Kier molecular flexibility index (Phi) is 5.46. The normalized spacial score (nSPS) is 29.1. The molecule has 3 fully saturated rings. The van der Waals surface area contributed by atoms with E-state index in [4.69, 9.17) is 27.9 Å². The number of hydrogen-bond donors (Lipinski definition) is 0. The lowest BCUT2D eigenvalue weighted by molar-refractivity contribution is -0.154. The van der Waals surface area contributed by atoms with Gasteiger partial charge in [-0.1, -0.05) is 35.4 Å². The lowest BCUT2D eigenvalue weighted by atomic mass is 9.63. The summed E-state index contributed by atoms with van der Waals surface area (Å²) in [5, 5.41) is 2.30. The zero-order valence-corrected chi connectivity index (χ0v) is 20.8. The first-order valence-corrected chi connectivity index (χ1v) is 12.6. The van der Waals surface area contributed by atoms with E-state index in [0.717, 1.165) is 16.4 Å². The number of ether oxygens (including phenoxy) is 1. The SMILES string of the molecule is COc1ccc(C(=O)CN(C(=O)c2ccc(Cl)c(Cl)c2)N2C(=O)[C@@H]3[C@H]4C=C[C@@H]([C@@H]5C[C@@H]45)[C@H]3C2=O)cc1. The molecular weight excluding hydrogens is 503 g/mol. The molecule has 7 rings (SSSR count). The third-order valence-corrected chi connectivity index (χ3v) is 8.73. The maximum atomic E-state index is 13.7. The molecule has 0 radical (unpaired) electrons. The van der Waals surface area contributed by atoms with E-state index in [9.17, 15) is 19.2 Å². The third kappa shape index (κ3) is 3.48. The first-order valence-electron chi connectivity index (χ1n) is 11.8. The maximum absolute atomic E-state index is 13.7. The molecule has 0 aromatic heterocycles. The number of carbonyl (C=O) groups excluding carboxylic acids is 4. The second-order valence-corrected chi connectivity index (χ2v) is 10.6. The van der Waals surface area contributed by atoms with Crippen molar-refractivity contribution in [2.24, 2.45) is 35.5 Å². The van der Waals surface area contributed by atoms with Crippen LogP contribution in [-0.2, 0) is 9.59 Å². The van der Waals surface area contributed by atoms with Gasteiger partial charge in [0.25, 0.3) is 17.7 Å².